The first-order valence-electron chi connectivity index (χ1n) is 12.4. The lowest BCUT2D eigenvalue weighted by atomic mass is 9.92. The van der Waals surface area contributed by atoms with Gasteiger partial charge in [-0.1, -0.05) is 24.3 Å². The van der Waals surface area contributed by atoms with E-state index in [1.54, 1.807) is 38.5 Å². The van der Waals surface area contributed by atoms with E-state index in [0.29, 0.717) is 39.3 Å². The third kappa shape index (κ3) is 9.90. The van der Waals surface area contributed by atoms with Gasteiger partial charge < -0.3 is 39.1 Å². The first-order chi connectivity index (χ1) is 18.5. The summed E-state index contributed by atoms with van der Waals surface area (Å²) in [6.45, 7) is 1.29. The Bertz CT molecular complexity index is 874. The molecule has 9 nitrogen and oxygen atoms in total. The third-order valence-electron chi connectivity index (χ3n) is 6.04. The van der Waals surface area contributed by atoms with Gasteiger partial charge in [0.2, 0.25) is 0 Å². The highest BCUT2D eigenvalue weighted by Gasteiger charge is 2.41. The van der Waals surface area contributed by atoms with E-state index in [4.69, 9.17) is 28.4 Å². The van der Waals surface area contributed by atoms with Crippen molar-refractivity contribution in [3.8, 4) is 0 Å². The van der Waals surface area contributed by atoms with E-state index in [0.717, 1.165) is 11.1 Å². The molecule has 2 aromatic carbocycles. The van der Waals surface area contributed by atoms with Crippen LogP contribution in [0.4, 0.5) is 13.6 Å². The smallest absolute Gasteiger partial charge is 0.315 e. The Labute approximate surface area is 221 Å². The summed E-state index contributed by atoms with van der Waals surface area (Å²) in [7, 11) is 3.14. The molecule has 0 bridgehead atoms. The van der Waals surface area contributed by atoms with E-state index in [2.05, 4.69) is 10.6 Å². The average molecular weight is 539 g/mol. The van der Waals surface area contributed by atoms with Crippen LogP contribution in [0.2, 0.25) is 0 Å². The molecule has 2 aromatic rings. The molecule has 210 valence electrons. The molecule has 38 heavy (non-hydrogen) atoms. The lowest BCUT2D eigenvalue weighted by Crippen LogP contribution is -2.52. The van der Waals surface area contributed by atoms with Crippen molar-refractivity contribution in [2.45, 2.75) is 37.1 Å². The van der Waals surface area contributed by atoms with Crippen LogP contribution in [0.3, 0.4) is 0 Å². The molecule has 4 atom stereocenters. The van der Waals surface area contributed by atoms with Gasteiger partial charge in [0, 0.05) is 14.2 Å². The van der Waals surface area contributed by atoms with E-state index in [1.165, 1.54) is 24.3 Å². The maximum absolute atomic E-state index is 13.5. The SMILES string of the molecule is COCCOCO[C@H]1[C@@H](Cc2ccc(F)cc2)NC(=O)NC(Cc2ccc(F)cc2)[C@@H]1OCOCCOC. The normalized spacial score (nSPS) is 21.5. The molecule has 1 fully saturated rings. The van der Waals surface area contributed by atoms with E-state index in [1.807, 2.05) is 0 Å². The first kappa shape index (κ1) is 29.9. The van der Waals surface area contributed by atoms with Gasteiger partial charge in [-0.25, -0.2) is 13.6 Å². The average Bonchev–Trinajstić information content (AvgIpc) is 3.02. The lowest BCUT2D eigenvalue weighted by molar-refractivity contribution is -0.182. The molecule has 0 radical (unpaired) electrons. The Hall–Kier alpha value is -2.67. The van der Waals surface area contributed by atoms with Crippen LogP contribution >= 0.6 is 0 Å². The number of carbonyl (C=O) groups is 1. The fourth-order valence-corrected chi connectivity index (χ4v) is 4.16. The van der Waals surface area contributed by atoms with Crippen LogP contribution in [-0.2, 0) is 41.3 Å². The molecule has 1 saturated heterocycles. The topological polar surface area (TPSA) is 96.5 Å². The molecule has 0 aliphatic carbocycles. The van der Waals surface area contributed by atoms with Gasteiger partial charge in [0.25, 0.3) is 0 Å². The molecule has 2 amide bonds. The van der Waals surface area contributed by atoms with E-state index in [-0.39, 0.29) is 25.2 Å². The molecule has 0 saturated carbocycles. The molecular formula is C27H36F2N2O7. The molecule has 11 heteroatoms. The van der Waals surface area contributed by atoms with Crippen molar-refractivity contribution < 1.29 is 42.0 Å². The first-order valence-corrected chi connectivity index (χ1v) is 12.4. The zero-order chi connectivity index (χ0) is 27.2. The van der Waals surface area contributed by atoms with Crippen molar-refractivity contribution in [1.29, 1.82) is 0 Å². The number of nitrogens with one attached hydrogen (secondary N) is 2. The molecule has 2 N–H and O–H groups in total. The van der Waals surface area contributed by atoms with Crippen molar-refractivity contribution in [2.24, 2.45) is 0 Å². The van der Waals surface area contributed by atoms with Crippen LogP contribution in [0.1, 0.15) is 11.1 Å². The van der Waals surface area contributed by atoms with E-state index in [9.17, 15) is 13.6 Å². The van der Waals surface area contributed by atoms with Crippen molar-refractivity contribution in [3.63, 3.8) is 0 Å². The monoisotopic (exact) mass is 538 g/mol. The maximum atomic E-state index is 13.5. The number of urea groups is 1. The van der Waals surface area contributed by atoms with Gasteiger partial charge in [0.1, 0.15) is 37.4 Å². The highest BCUT2D eigenvalue weighted by Crippen LogP contribution is 2.22. The number of rotatable bonds is 16. The molecule has 1 aliphatic heterocycles. The number of halogens is 2. The molecule has 1 heterocycles. The van der Waals surface area contributed by atoms with Crippen LogP contribution in [0.5, 0.6) is 0 Å². The molecular weight excluding hydrogens is 502 g/mol. The second-order valence-electron chi connectivity index (χ2n) is 8.79. The Morgan fingerprint density at radius 1 is 0.658 bits per heavy atom. The number of hydrogen-bond acceptors (Lipinski definition) is 7. The Balaban J connectivity index is 1.86. The van der Waals surface area contributed by atoms with Gasteiger partial charge in [-0.3, -0.25) is 0 Å². The second kappa shape index (κ2) is 16.3. The number of methoxy groups -OCH3 is 2. The minimum Gasteiger partial charge on any atom is -0.382 e. The molecule has 1 unspecified atom stereocenters. The predicted octanol–water partition coefficient (Wildman–Crippen LogP) is 2.81. The van der Waals surface area contributed by atoms with Crippen LogP contribution in [0, 0.1) is 11.6 Å². The minimum atomic E-state index is -0.682. The van der Waals surface area contributed by atoms with Crippen LogP contribution in [0.25, 0.3) is 0 Å². The largest absolute Gasteiger partial charge is 0.382 e. The van der Waals surface area contributed by atoms with Crippen LogP contribution in [0.15, 0.2) is 48.5 Å². The quantitative estimate of drug-likeness (QED) is 0.251. The van der Waals surface area contributed by atoms with Crippen molar-refractivity contribution in [3.05, 3.63) is 71.3 Å². The van der Waals surface area contributed by atoms with Crippen LogP contribution < -0.4 is 10.6 Å². The summed E-state index contributed by atoms with van der Waals surface area (Å²) in [4.78, 5) is 13.0. The van der Waals surface area contributed by atoms with Gasteiger partial charge in [-0.2, -0.15) is 0 Å². The zero-order valence-corrected chi connectivity index (χ0v) is 21.7. The Kier molecular flexibility index (Phi) is 12.8. The third-order valence-corrected chi connectivity index (χ3v) is 6.04. The standard InChI is InChI=1S/C27H36F2N2O7/c1-33-11-13-35-17-37-25-23(15-19-3-7-21(28)8-4-19)30-27(32)31-24(16-20-5-9-22(29)10-6-20)26(25)38-18-36-14-12-34-2/h3-10,23-26H,11-18H2,1-2H3,(H2,30,31,32)/t23-,24?,25+,26+/m1/s1. The fourth-order valence-electron chi connectivity index (χ4n) is 4.16. The summed E-state index contributed by atoms with van der Waals surface area (Å²) in [6, 6.07) is 10.6. The summed E-state index contributed by atoms with van der Waals surface area (Å²) < 4.78 is 60.5. The Morgan fingerprint density at radius 2 is 1.05 bits per heavy atom. The molecule has 0 spiro atoms. The molecule has 3 rings (SSSR count). The summed E-state index contributed by atoms with van der Waals surface area (Å²) >= 11 is 0. The maximum Gasteiger partial charge on any atom is 0.315 e. The van der Waals surface area contributed by atoms with Gasteiger partial charge in [0.15, 0.2) is 0 Å². The van der Waals surface area contributed by atoms with Crippen molar-refractivity contribution >= 4 is 6.03 Å². The highest BCUT2D eigenvalue weighted by atomic mass is 19.1. The van der Waals surface area contributed by atoms with Gasteiger partial charge in [0.05, 0.1) is 38.5 Å². The molecule has 0 aromatic heterocycles. The van der Waals surface area contributed by atoms with Gasteiger partial charge in [-0.05, 0) is 48.2 Å². The minimum absolute atomic E-state index is 0.0719. The molecule has 1 aliphatic rings. The fraction of sp³-hybridized carbons (Fsp3) is 0.519. The number of carbonyl (C=O) groups excluding carboxylic acids is 1. The highest BCUT2D eigenvalue weighted by molar-refractivity contribution is 5.75. The van der Waals surface area contributed by atoms with Crippen molar-refractivity contribution in [2.75, 3.05) is 54.2 Å². The summed E-state index contributed by atoms with van der Waals surface area (Å²) in [5, 5.41) is 5.92. The van der Waals surface area contributed by atoms with Crippen LogP contribution in [-0.4, -0.2) is 84.6 Å². The van der Waals surface area contributed by atoms with Crippen molar-refractivity contribution in [1.82, 2.24) is 10.6 Å². The number of ether oxygens (including phenoxy) is 6. The lowest BCUT2D eigenvalue weighted by Gasteiger charge is -2.34. The zero-order valence-electron chi connectivity index (χ0n) is 21.7. The summed E-state index contributed by atoms with van der Waals surface area (Å²) in [5.41, 5.74) is 1.61. The predicted molar refractivity (Wildman–Crippen MR) is 135 cm³/mol. The number of amides is 2. The van der Waals surface area contributed by atoms with Gasteiger partial charge in [-0.15, -0.1) is 0 Å². The Morgan fingerprint density at radius 3 is 1.42 bits per heavy atom. The van der Waals surface area contributed by atoms with E-state index < -0.39 is 30.3 Å². The number of hydrogen-bond donors (Lipinski definition) is 2. The number of benzene rings is 2. The second-order valence-corrected chi connectivity index (χ2v) is 8.79. The summed E-state index contributed by atoms with van der Waals surface area (Å²) in [5.74, 6) is -0.707. The van der Waals surface area contributed by atoms with Gasteiger partial charge >= 0.3 is 6.03 Å². The summed E-state index contributed by atoms with van der Waals surface area (Å²) in [6.07, 6.45) is -0.662. The van der Waals surface area contributed by atoms with E-state index >= 15 is 0 Å².